The molecule has 0 aliphatic carbocycles. The number of hydrogen-bond donors (Lipinski definition) is 1. The van der Waals surface area contributed by atoms with Gasteiger partial charge in [0, 0.05) is 29.7 Å². The number of halogens is 1. The summed E-state index contributed by atoms with van der Waals surface area (Å²) in [5.41, 5.74) is 0. The van der Waals surface area contributed by atoms with Crippen LogP contribution in [-0.4, -0.2) is 36.6 Å². The molecule has 80 valence electrons. The van der Waals surface area contributed by atoms with E-state index in [1.165, 1.54) is 38.8 Å². The highest BCUT2D eigenvalue weighted by molar-refractivity contribution is 9.11. The van der Waals surface area contributed by atoms with Gasteiger partial charge in [0.2, 0.25) is 0 Å². The third kappa shape index (κ3) is 2.38. The maximum absolute atomic E-state index is 3.86. The predicted octanol–water partition coefficient (Wildman–Crippen LogP) is 2.11. The van der Waals surface area contributed by atoms with E-state index in [0.717, 1.165) is 17.1 Å². The van der Waals surface area contributed by atoms with Crippen LogP contribution < -0.4 is 5.32 Å². The molecule has 2 saturated heterocycles. The van der Waals surface area contributed by atoms with Crippen LogP contribution in [0, 0.1) is 0 Å². The number of fused-ring (bicyclic) bond motifs is 1. The van der Waals surface area contributed by atoms with Crippen molar-refractivity contribution in [1.29, 1.82) is 0 Å². The maximum Gasteiger partial charge on any atom is 0.0268 e. The van der Waals surface area contributed by atoms with E-state index in [9.17, 15) is 0 Å². The summed E-state index contributed by atoms with van der Waals surface area (Å²) in [5.74, 6) is 0. The van der Waals surface area contributed by atoms with E-state index in [1.807, 2.05) is 0 Å². The Hall–Kier alpha value is 0.140. The molecule has 0 radical (unpaired) electrons. The van der Waals surface area contributed by atoms with E-state index in [-0.39, 0.29) is 0 Å². The zero-order chi connectivity index (χ0) is 9.97. The Morgan fingerprint density at radius 2 is 2.21 bits per heavy atom. The normalized spacial score (nSPS) is 32.9. The summed E-state index contributed by atoms with van der Waals surface area (Å²) in [6.45, 7) is 7.38. The smallest absolute Gasteiger partial charge is 0.0268 e. The van der Waals surface area contributed by atoms with Crippen molar-refractivity contribution in [3.05, 3.63) is 11.1 Å². The maximum atomic E-state index is 3.86. The molecule has 2 rings (SSSR count). The minimum Gasteiger partial charge on any atom is -0.308 e. The van der Waals surface area contributed by atoms with Gasteiger partial charge in [-0.2, -0.15) is 0 Å². The Labute approximate surface area is 94.9 Å². The second-order valence-electron chi connectivity index (χ2n) is 4.39. The van der Waals surface area contributed by atoms with Gasteiger partial charge in [-0.1, -0.05) is 28.9 Å². The van der Waals surface area contributed by atoms with Crippen LogP contribution in [0.25, 0.3) is 0 Å². The van der Waals surface area contributed by atoms with Gasteiger partial charge in [0.1, 0.15) is 0 Å². The first-order chi connectivity index (χ1) is 6.77. The number of piperidine rings is 1. The Morgan fingerprint density at radius 3 is 3.00 bits per heavy atom. The highest BCUT2D eigenvalue weighted by Crippen LogP contribution is 2.27. The van der Waals surface area contributed by atoms with E-state index in [0.29, 0.717) is 6.04 Å². The van der Waals surface area contributed by atoms with E-state index < -0.39 is 0 Å². The predicted molar refractivity (Wildman–Crippen MR) is 63.7 cm³/mol. The summed E-state index contributed by atoms with van der Waals surface area (Å²) in [4.78, 5) is 2.65. The number of rotatable bonds is 3. The summed E-state index contributed by atoms with van der Waals surface area (Å²) < 4.78 is 1.06. The van der Waals surface area contributed by atoms with Crippen molar-refractivity contribution in [2.75, 3.05) is 19.6 Å². The standard InChI is InChI=1S/C11H19BrN2/c1-9(12)8-13-10-5-7-14-6-3-2-4-11(10)14/h10-11,13H,1-8H2. The fourth-order valence-corrected chi connectivity index (χ4v) is 2.89. The van der Waals surface area contributed by atoms with Gasteiger partial charge in [0.25, 0.3) is 0 Å². The summed E-state index contributed by atoms with van der Waals surface area (Å²) in [6, 6.07) is 1.50. The second-order valence-corrected chi connectivity index (χ2v) is 5.51. The third-order valence-corrected chi connectivity index (χ3v) is 3.69. The van der Waals surface area contributed by atoms with Gasteiger partial charge >= 0.3 is 0 Å². The van der Waals surface area contributed by atoms with E-state index in [1.54, 1.807) is 0 Å². The minimum atomic E-state index is 0.699. The Bertz CT molecular complexity index is 217. The molecule has 2 unspecified atom stereocenters. The van der Waals surface area contributed by atoms with Crippen molar-refractivity contribution in [2.45, 2.75) is 37.8 Å². The number of nitrogens with one attached hydrogen (secondary N) is 1. The zero-order valence-electron chi connectivity index (χ0n) is 8.64. The first kappa shape index (κ1) is 10.7. The summed E-state index contributed by atoms with van der Waals surface area (Å²) in [6.07, 6.45) is 5.50. The lowest BCUT2D eigenvalue weighted by Gasteiger charge is -2.32. The van der Waals surface area contributed by atoms with Crippen molar-refractivity contribution >= 4 is 15.9 Å². The number of hydrogen-bond acceptors (Lipinski definition) is 2. The molecule has 0 aromatic rings. The first-order valence-electron chi connectivity index (χ1n) is 5.58. The van der Waals surface area contributed by atoms with Gasteiger partial charge < -0.3 is 5.32 Å². The molecule has 3 heteroatoms. The molecule has 0 spiro atoms. The van der Waals surface area contributed by atoms with Gasteiger partial charge in [0.05, 0.1) is 0 Å². The van der Waals surface area contributed by atoms with Gasteiger partial charge in [-0.15, -0.1) is 0 Å². The molecule has 2 heterocycles. The fraction of sp³-hybridized carbons (Fsp3) is 0.818. The van der Waals surface area contributed by atoms with Crippen molar-refractivity contribution in [3.8, 4) is 0 Å². The molecule has 2 nitrogen and oxygen atoms in total. The Morgan fingerprint density at radius 1 is 1.36 bits per heavy atom. The Balaban J connectivity index is 1.84. The lowest BCUT2D eigenvalue weighted by molar-refractivity contribution is 0.182. The fourth-order valence-electron chi connectivity index (χ4n) is 2.73. The molecule has 2 aliphatic rings. The van der Waals surface area contributed by atoms with Crippen molar-refractivity contribution in [3.63, 3.8) is 0 Å². The summed E-state index contributed by atoms with van der Waals surface area (Å²) >= 11 is 3.40. The lowest BCUT2D eigenvalue weighted by atomic mass is 9.99. The lowest BCUT2D eigenvalue weighted by Crippen LogP contribution is -2.45. The quantitative estimate of drug-likeness (QED) is 0.835. The van der Waals surface area contributed by atoms with Crippen LogP contribution >= 0.6 is 15.9 Å². The topological polar surface area (TPSA) is 15.3 Å². The minimum absolute atomic E-state index is 0.699. The van der Waals surface area contributed by atoms with Crippen molar-refractivity contribution in [2.24, 2.45) is 0 Å². The SMILES string of the molecule is C=C(Br)CNC1CCN2CCCCC12. The van der Waals surface area contributed by atoms with Crippen LogP contribution in [0.15, 0.2) is 11.1 Å². The van der Waals surface area contributed by atoms with Crippen LogP contribution in [0.3, 0.4) is 0 Å². The molecule has 2 atom stereocenters. The van der Waals surface area contributed by atoms with Crippen LogP contribution in [-0.2, 0) is 0 Å². The monoisotopic (exact) mass is 258 g/mol. The molecular weight excluding hydrogens is 240 g/mol. The van der Waals surface area contributed by atoms with E-state index in [4.69, 9.17) is 0 Å². The molecule has 0 saturated carbocycles. The molecule has 0 bridgehead atoms. The third-order valence-electron chi connectivity index (χ3n) is 3.41. The molecule has 0 amide bonds. The summed E-state index contributed by atoms with van der Waals surface area (Å²) in [5, 5.41) is 3.59. The molecule has 2 aliphatic heterocycles. The first-order valence-corrected chi connectivity index (χ1v) is 6.37. The van der Waals surface area contributed by atoms with E-state index in [2.05, 4.69) is 32.7 Å². The van der Waals surface area contributed by atoms with Gasteiger partial charge in [-0.3, -0.25) is 4.90 Å². The van der Waals surface area contributed by atoms with E-state index >= 15 is 0 Å². The molecule has 2 fully saturated rings. The summed E-state index contributed by atoms with van der Waals surface area (Å²) in [7, 11) is 0. The van der Waals surface area contributed by atoms with Gasteiger partial charge in [-0.25, -0.2) is 0 Å². The van der Waals surface area contributed by atoms with Crippen molar-refractivity contribution in [1.82, 2.24) is 10.2 Å². The highest BCUT2D eigenvalue weighted by Gasteiger charge is 2.34. The van der Waals surface area contributed by atoms with Crippen LogP contribution in [0.5, 0.6) is 0 Å². The second kappa shape index (κ2) is 4.77. The Kier molecular flexibility index (Phi) is 3.63. The highest BCUT2D eigenvalue weighted by atomic mass is 79.9. The average molecular weight is 259 g/mol. The van der Waals surface area contributed by atoms with Crippen LogP contribution in [0.1, 0.15) is 25.7 Å². The van der Waals surface area contributed by atoms with Gasteiger partial charge in [0.15, 0.2) is 0 Å². The molecule has 1 N–H and O–H groups in total. The zero-order valence-corrected chi connectivity index (χ0v) is 10.2. The number of nitrogens with zero attached hydrogens (tertiary/aromatic N) is 1. The molecule has 14 heavy (non-hydrogen) atoms. The molecular formula is C11H19BrN2. The van der Waals surface area contributed by atoms with Crippen LogP contribution in [0.2, 0.25) is 0 Å². The average Bonchev–Trinajstić information content (AvgIpc) is 2.58. The molecule has 0 aromatic heterocycles. The van der Waals surface area contributed by atoms with Crippen molar-refractivity contribution < 1.29 is 0 Å². The van der Waals surface area contributed by atoms with Crippen LogP contribution in [0.4, 0.5) is 0 Å². The largest absolute Gasteiger partial charge is 0.308 e. The van der Waals surface area contributed by atoms with Gasteiger partial charge in [-0.05, 0) is 25.8 Å². The molecule has 0 aromatic carbocycles.